The fourth-order valence-corrected chi connectivity index (χ4v) is 4.76. The fourth-order valence-electron chi connectivity index (χ4n) is 4.76. The lowest BCUT2D eigenvalue weighted by Gasteiger charge is -2.10. The molecule has 6 rings (SSSR count). The van der Waals surface area contributed by atoms with Gasteiger partial charge in [-0.15, -0.1) is 0 Å². The molecule has 0 fully saturated rings. The van der Waals surface area contributed by atoms with Crippen molar-refractivity contribution in [2.24, 2.45) is 0 Å². The van der Waals surface area contributed by atoms with Gasteiger partial charge in [-0.3, -0.25) is 0 Å². The Hall–Kier alpha value is -3.58. The predicted molar refractivity (Wildman–Crippen MR) is 124 cm³/mol. The third kappa shape index (κ3) is 2.22. The second kappa shape index (κ2) is 5.96. The van der Waals surface area contributed by atoms with Gasteiger partial charge in [-0.1, -0.05) is 84.9 Å². The molecule has 0 bridgehead atoms. The molecule has 0 atom stereocenters. The molecule has 0 amide bonds. The van der Waals surface area contributed by atoms with Gasteiger partial charge in [-0.05, 0) is 46.7 Å². The van der Waals surface area contributed by atoms with E-state index in [-0.39, 0.29) is 0 Å². The fraction of sp³-hybridized carbons (Fsp3) is 0.0714. The van der Waals surface area contributed by atoms with Gasteiger partial charge >= 0.3 is 0 Å². The largest absolute Gasteiger partial charge is 0.455 e. The van der Waals surface area contributed by atoms with Crippen LogP contribution in [0.5, 0.6) is 0 Å². The minimum atomic E-state index is 0.981. The van der Waals surface area contributed by atoms with Gasteiger partial charge in [0.15, 0.2) is 0 Å². The minimum Gasteiger partial charge on any atom is -0.455 e. The number of furan rings is 1. The van der Waals surface area contributed by atoms with Gasteiger partial charge in [0, 0.05) is 21.7 Å². The van der Waals surface area contributed by atoms with Gasteiger partial charge in [-0.2, -0.15) is 0 Å². The van der Waals surface area contributed by atoms with Crippen LogP contribution in [-0.4, -0.2) is 0 Å². The Morgan fingerprint density at radius 3 is 1.86 bits per heavy atom. The van der Waals surface area contributed by atoms with Crippen molar-refractivity contribution in [1.82, 2.24) is 0 Å². The lowest BCUT2D eigenvalue weighted by Crippen LogP contribution is -1.87. The van der Waals surface area contributed by atoms with E-state index in [1.165, 1.54) is 54.6 Å². The Bertz CT molecular complexity index is 1570. The molecule has 1 heterocycles. The van der Waals surface area contributed by atoms with Crippen molar-refractivity contribution in [1.29, 1.82) is 0 Å². The molecule has 1 heteroatoms. The Morgan fingerprint density at radius 1 is 0.483 bits per heavy atom. The smallest absolute Gasteiger partial charge is 0.143 e. The van der Waals surface area contributed by atoms with Crippen molar-refractivity contribution >= 4 is 43.5 Å². The molecule has 0 N–H and O–H groups in total. The summed E-state index contributed by atoms with van der Waals surface area (Å²) < 4.78 is 6.70. The number of hydrogen-bond acceptors (Lipinski definition) is 1. The molecule has 29 heavy (non-hydrogen) atoms. The van der Waals surface area contributed by atoms with Crippen LogP contribution in [-0.2, 0) is 0 Å². The highest BCUT2D eigenvalue weighted by atomic mass is 16.3. The summed E-state index contributed by atoms with van der Waals surface area (Å²) in [5.41, 5.74) is 6.90. The summed E-state index contributed by atoms with van der Waals surface area (Å²) in [5.74, 6) is 0. The first-order chi connectivity index (χ1) is 14.2. The quantitative estimate of drug-likeness (QED) is 0.265. The van der Waals surface area contributed by atoms with Crippen LogP contribution in [0.3, 0.4) is 0 Å². The Labute approximate surface area is 169 Å². The molecule has 0 aliphatic carbocycles. The SMILES string of the molecule is Cc1ccccc1-c1c(C)ccc2c1oc1c3ccccc3c3ccccc3c21. The maximum Gasteiger partial charge on any atom is 0.143 e. The van der Waals surface area contributed by atoms with Crippen molar-refractivity contribution in [2.45, 2.75) is 13.8 Å². The summed E-state index contributed by atoms with van der Waals surface area (Å²) in [5, 5.41) is 7.33. The Morgan fingerprint density at radius 2 is 1.10 bits per heavy atom. The highest BCUT2D eigenvalue weighted by Gasteiger charge is 2.19. The molecule has 0 radical (unpaired) electrons. The lowest BCUT2D eigenvalue weighted by atomic mass is 9.93. The molecule has 0 aliphatic rings. The van der Waals surface area contributed by atoms with Crippen LogP contribution in [0.25, 0.3) is 54.6 Å². The average molecular weight is 372 g/mol. The van der Waals surface area contributed by atoms with E-state index < -0.39 is 0 Å². The summed E-state index contributed by atoms with van der Waals surface area (Å²) in [4.78, 5) is 0. The molecule has 0 saturated heterocycles. The van der Waals surface area contributed by atoms with Crippen molar-refractivity contribution in [3.63, 3.8) is 0 Å². The standard InChI is InChI=1S/C28H20O/c1-17-9-3-4-10-19(17)25-18(2)15-16-24-26-22-13-7-5-11-20(22)21-12-6-8-14-23(21)27(26)29-28(24)25/h3-16H,1-2H3. The molecular weight excluding hydrogens is 352 g/mol. The van der Waals surface area contributed by atoms with Gasteiger partial charge in [0.25, 0.3) is 0 Å². The van der Waals surface area contributed by atoms with Crippen LogP contribution >= 0.6 is 0 Å². The zero-order valence-corrected chi connectivity index (χ0v) is 16.5. The van der Waals surface area contributed by atoms with E-state index in [9.17, 15) is 0 Å². The Kier molecular flexibility index (Phi) is 3.36. The zero-order chi connectivity index (χ0) is 19.5. The van der Waals surface area contributed by atoms with E-state index in [4.69, 9.17) is 4.42 Å². The highest BCUT2D eigenvalue weighted by Crippen LogP contribution is 2.44. The average Bonchev–Trinajstić information content (AvgIpc) is 3.15. The summed E-state index contributed by atoms with van der Waals surface area (Å²) in [7, 11) is 0. The molecule has 0 aliphatic heterocycles. The maximum atomic E-state index is 6.70. The Balaban J connectivity index is 1.90. The van der Waals surface area contributed by atoms with E-state index >= 15 is 0 Å². The number of hydrogen-bond donors (Lipinski definition) is 0. The molecule has 5 aromatic carbocycles. The summed E-state index contributed by atoms with van der Waals surface area (Å²) >= 11 is 0. The first-order valence-corrected chi connectivity index (χ1v) is 10.1. The van der Waals surface area contributed by atoms with Crippen LogP contribution in [0.1, 0.15) is 11.1 Å². The third-order valence-electron chi connectivity index (χ3n) is 6.14. The van der Waals surface area contributed by atoms with Gasteiger partial charge < -0.3 is 4.42 Å². The number of benzene rings is 5. The lowest BCUT2D eigenvalue weighted by molar-refractivity contribution is 0.673. The minimum absolute atomic E-state index is 0.981. The van der Waals surface area contributed by atoms with Crippen molar-refractivity contribution in [3.8, 4) is 11.1 Å². The van der Waals surface area contributed by atoms with Gasteiger partial charge in [0.05, 0.1) is 0 Å². The van der Waals surface area contributed by atoms with E-state index in [0.717, 1.165) is 11.2 Å². The van der Waals surface area contributed by atoms with Crippen molar-refractivity contribution < 1.29 is 4.42 Å². The molecule has 6 aromatic rings. The molecule has 1 nitrogen and oxygen atoms in total. The van der Waals surface area contributed by atoms with Crippen LogP contribution < -0.4 is 0 Å². The van der Waals surface area contributed by atoms with Gasteiger partial charge in [-0.25, -0.2) is 0 Å². The summed E-state index contributed by atoms with van der Waals surface area (Å²) in [6.45, 7) is 4.34. The summed E-state index contributed by atoms with van der Waals surface area (Å²) in [6.07, 6.45) is 0. The van der Waals surface area contributed by atoms with Crippen LogP contribution in [0.4, 0.5) is 0 Å². The van der Waals surface area contributed by atoms with Gasteiger partial charge in [0.1, 0.15) is 11.2 Å². The number of aryl methyl sites for hydroxylation is 2. The maximum absolute atomic E-state index is 6.70. The number of fused-ring (bicyclic) bond motifs is 8. The zero-order valence-electron chi connectivity index (χ0n) is 16.5. The van der Waals surface area contributed by atoms with Crippen molar-refractivity contribution in [3.05, 3.63) is 96.1 Å². The van der Waals surface area contributed by atoms with Crippen LogP contribution in [0, 0.1) is 13.8 Å². The van der Waals surface area contributed by atoms with E-state index in [1.54, 1.807) is 0 Å². The topological polar surface area (TPSA) is 13.1 Å². The monoisotopic (exact) mass is 372 g/mol. The van der Waals surface area contributed by atoms with Crippen molar-refractivity contribution in [2.75, 3.05) is 0 Å². The van der Waals surface area contributed by atoms with Crippen LogP contribution in [0.2, 0.25) is 0 Å². The molecular formula is C28H20O. The molecule has 0 unspecified atom stereocenters. The van der Waals surface area contributed by atoms with Crippen LogP contribution in [0.15, 0.2) is 89.3 Å². The second-order valence-corrected chi connectivity index (χ2v) is 7.85. The molecule has 0 spiro atoms. The van der Waals surface area contributed by atoms with Gasteiger partial charge in [0.2, 0.25) is 0 Å². The summed E-state index contributed by atoms with van der Waals surface area (Å²) in [6, 6.07) is 30.2. The highest BCUT2D eigenvalue weighted by molar-refractivity contribution is 6.31. The third-order valence-corrected chi connectivity index (χ3v) is 6.14. The predicted octanol–water partition coefficient (Wildman–Crippen LogP) is 8.18. The number of rotatable bonds is 1. The first-order valence-electron chi connectivity index (χ1n) is 10.1. The first kappa shape index (κ1) is 16.4. The molecule has 1 aromatic heterocycles. The molecule has 0 saturated carbocycles. The van der Waals surface area contributed by atoms with E-state index in [1.807, 2.05) is 0 Å². The second-order valence-electron chi connectivity index (χ2n) is 7.85. The van der Waals surface area contributed by atoms with E-state index in [0.29, 0.717) is 0 Å². The normalized spacial score (nSPS) is 11.8. The molecule has 138 valence electrons. The van der Waals surface area contributed by atoms with E-state index in [2.05, 4.69) is 98.8 Å².